The third-order valence-electron chi connectivity index (χ3n) is 4.83. The molecule has 2 unspecified atom stereocenters. The van der Waals surface area contributed by atoms with Crippen LogP contribution >= 0.6 is 0 Å². The lowest BCUT2D eigenvalue weighted by molar-refractivity contribution is 0.480. The minimum atomic E-state index is 0.887. The molecule has 14 heavy (non-hydrogen) atoms. The lowest BCUT2D eigenvalue weighted by Gasteiger charge is -2.11. The Morgan fingerprint density at radius 3 is 2.00 bits per heavy atom. The molecular formula is C13H23N. The predicted octanol–water partition coefficient (Wildman–Crippen LogP) is 2.95. The summed E-state index contributed by atoms with van der Waals surface area (Å²) in [4.78, 5) is 0. The second-order valence-corrected chi connectivity index (χ2v) is 5.67. The molecule has 3 fully saturated rings. The van der Waals surface area contributed by atoms with Gasteiger partial charge in [-0.2, -0.15) is 0 Å². The van der Waals surface area contributed by atoms with E-state index in [2.05, 4.69) is 5.32 Å². The van der Waals surface area contributed by atoms with Crippen LogP contribution in [0.2, 0.25) is 0 Å². The van der Waals surface area contributed by atoms with Gasteiger partial charge in [0.05, 0.1) is 0 Å². The van der Waals surface area contributed by atoms with Crippen molar-refractivity contribution in [2.24, 2.45) is 17.8 Å². The Kier molecular flexibility index (Phi) is 2.53. The second-order valence-electron chi connectivity index (χ2n) is 5.67. The maximum absolute atomic E-state index is 3.80. The van der Waals surface area contributed by atoms with Gasteiger partial charge in [0.1, 0.15) is 0 Å². The molecule has 1 N–H and O–H groups in total. The van der Waals surface area contributed by atoms with E-state index >= 15 is 0 Å². The SMILES string of the molecule is C1CCC(NCC2C3CCCCC32)C1. The fourth-order valence-electron chi connectivity index (χ4n) is 3.88. The molecule has 80 valence electrons. The average molecular weight is 193 g/mol. The molecule has 0 aromatic rings. The van der Waals surface area contributed by atoms with Gasteiger partial charge < -0.3 is 5.32 Å². The zero-order chi connectivity index (χ0) is 9.38. The zero-order valence-electron chi connectivity index (χ0n) is 9.17. The van der Waals surface area contributed by atoms with Crippen LogP contribution in [0.5, 0.6) is 0 Å². The van der Waals surface area contributed by atoms with Crippen LogP contribution in [0.4, 0.5) is 0 Å². The van der Waals surface area contributed by atoms with E-state index in [-0.39, 0.29) is 0 Å². The summed E-state index contributed by atoms with van der Waals surface area (Å²) in [6.07, 6.45) is 11.9. The molecule has 0 radical (unpaired) electrons. The normalized spacial score (nSPS) is 42.4. The monoisotopic (exact) mass is 193 g/mol. The van der Waals surface area contributed by atoms with Gasteiger partial charge >= 0.3 is 0 Å². The first-order chi connectivity index (χ1) is 6.95. The predicted molar refractivity (Wildman–Crippen MR) is 59.2 cm³/mol. The molecule has 0 spiro atoms. The summed E-state index contributed by atoms with van der Waals surface area (Å²) >= 11 is 0. The van der Waals surface area contributed by atoms with Crippen LogP contribution in [0.15, 0.2) is 0 Å². The van der Waals surface area contributed by atoms with Gasteiger partial charge in [0.15, 0.2) is 0 Å². The van der Waals surface area contributed by atoms with Gasteiger partial charge in [-0.25, -0.2) is 0 Å². The van der Waals surface area contributed by atoms with Crippen LogP contribution in [0.3, 0.4) is 0 Å². The number of hydrogen-bond acceptors (Lipinski definition) is 1. The van der Waals surface area contributed by atoms with E-state index in [1.54, 1.807) is 12.8 Å². The van der Waals surface area contributed by atoms with Crippen molar-refractivity contribution in [1.82, 2.24) is 5.32 Å². The Morgan fingerprint density at radius 1 is 0.786 bits per heavy atom. The van der Waals surface area contributed by atoms with Gasteiger partial charge in [-0.05, 0) is 50.0 Å². The van der Waals surface area contributed by atoms with Gasteiger partial charge in [0, 0.05) is 6.04 Å². The minimum absolute atomic E-state index is 0.887. The molecule has 0 bridgehead atoms. The first-order valence-electron chi connectivity index (χ1n) is 6.68. The molecule has 3 rings (SSSR count). The fourth-order valence-corrected chi connectivity index (χ4v) is 3.88. The lowest BCUT2D eigenvalue weighted by atomic mass is 10.0. The standard InChI is InChI=1S/C13H23N/c1-2-6-10(5-1)14-9-13-11-7-3-4-8-12(11)13/h10-14H,1-9H2. The van der Waals surface area contributed by atoms with Gasteiger partial charge in [-0.3, -0.25) is 0 Å². The molecular weight excluding hydrogens is 170 g/mol. The van der Waals surface area contributed by atoms with Crippen LogP contribution < -0.4 is 5.32 Å². The number of fused-ring (bicyclic) bond motifs is 1. The van der Waals surface area contributed by atoms with Crippen molar-refractivity contribution in [3.8, 4) is 0 Å². The van der Waals surface area contributed by atoms with Crippen LogP contribution in [-0.4, -0.2) is 12.6 Å². The van der Waals surface area contributed by atoms with Crippen molar-refractivity contribution in [2.45, 2.75) is 57.4 Å². The van der Waals surface area contributed by atoms with Crippen molar-refractivity contribution in [1.29, 1.82) is 0 Å². The van der Waals surface area contributed by atoms with Gasteiger partial charge in [-0.15, -0.1) is 0 Å². The van der Waals surface area contributed by atoms with E-state index in [0.717, 1.165) is 23.8 Å². The Bertz CT molecular complexity index is 183. The minimum Gasteiger partial charge on any atom is -0.314 e. The van der Waals surface area contributed by atoms with Crippen LogP contribution in [0.25, 0.3) is 0 Å². The summed E-state index contributed by atoms with van der Waals surface area (Å²) in [6, 6.07) is 0.887. The van der Waals surface area contributed by atoms with Crippen molar-refractivity contribution < 1.29 is 0 Å². The van der Waals surface area contributed by atoms with Crippen LogP contribution in [0, 0.1) is 17.8 Å². The third kappa shape index (κ3) is 1.71. The molecule has 0 aromatic carbocycles. The Balaban J connectivity index is 1.41. The van der Waals surface area contributed by atoms with Crippen molar-refractivity contribution >= 4 is 0 Å². The number of hydrogen-bond donors (Lipinski definition) is 1. The van der Waals surface area contributed by atoms with E-state index in [4.69, 9.17) is 0 Å². The summed E-state index contributed by atoms with van der Waals surface area (Å²) in [6.45, 7) is 1.35. The average Bonchev–Trinajstić information content (AvgIpc) is 2.69. The highest BCUT2D eigenvalue weighted by molar-refractivity contribution is 5.00. The maximum Gasteiger partial charge on any atom is 0.00671 e. The largest absolute Gasteiger partial charge is 0.314 e. The molecule has 3 aliphatic carbocycles. The number of rotatable bonds is 3. The van der Waals surface area contributed by atoms with E-state index < -0.39 is 0 Å². The highest BCUT2D eigenvalue weighted by atomic mass is 14.9. The quantitative estimate of drug-likeness (QED) is 0.726. The highest BCUT2D eigenvalue weighted by Crippen LogP contribution is 2.55. The Labute approximate surface area is 87.7 Å². The van der Waals surface area contributed by atoms with Crippen LogP contribution in [-0.2, 0) is 0 Å². The Hall–Kier alpha value is -0.0400. The molecule has 0 aliphatic heterocycles. The molecule has 0 aromatic heterocycles. The first kappa shape index (κ1) is 9.21. The molecule has 3 aliphatic rings. The molecule has 1 heteroatoms. The van der Waals surface area contributed by atoms with Gasteiger partial charge in [0.25, 0.3) is 0 Å². The van der Waals surface area contributed by atoms with E-state index in [9.17, 15) is 0 Å². The lowest BCUT2D eigenvalue weighted by Crippen LogP contribution is -2.28. The van der Waals surface area contributed by atoms with Crippen molar-refractivity contribution in [2.75, 3.05) is 6.54 Å². The van der Waals surface area contributed by atoms with Gasteiger partial charge in [0.2, 0.25) is 0 Å². The smallest absolute Gasteiger partial charge is 0.00671 e. The van der Waals surface area contributed by atoms with E-state index in [1.807, 2.05) is 0 Å². The summed E-state index contributed by atoms with van der Waals surface area (Å²) in [7, 11) is 0. The first-order valence-corrected chi connectivity index (χ1v) is 6.68. The third-order valence-corrected chi connectivity index (χ3v) is 4.83. The zero-order valence-corrected chi connectivity index (χ0v) is 9.17. The summed E-state index contributed by atoms with van der Waals surface area (Å²) in [5.74, 6) is 3.36. The topological polar surface area (TPSA) is 12.0 Å². The second kappa shape index (κ2) is 3.84. The molecule has 3 saturated carbocycles. The van der Waals surface area contributed by atoms with E-state index in [0.29, 0.717) is 0 Å². The summed E-state index contributed by atoms with van der Waals surface area (Å²) < 4.78 is 0. The Morgan fingerprint density at radius 2 is 1.36 bits per heavy atom. The molecule has 0 heterocycles. The highest BCUT2D eigenvalue weighted by Gasteiger charge is 2.49. The molecule has 1 nitrogen and oxygen atoms in total. The molecule has 2 atom stereocenters. The molecule has 0 saturated heterocycles. The van der Waals surface area contributed by atoms with E-state index in [1.165, 1.54) is 45.1 Å². The van der Waals surface area contributed by atoms with Crippen molar-refractivity contribution in [3.63, 3.8) is 0 Å². The number of nitrogens with one attached hydrogen (secondary N) is 1. The maximum atomic E-state index is 3.80. The fraction of sp³-hybridized carbons (Fsp3) is 1.00. The van der Waals surface area contributed by atoms with Crippen molar-refractivity contribution in [3.05, 3.63) is 0 Å². The molecule has 0 amide bonds. The van der Waals surface area contributed by atoms with Gasteiger partial charge in [-0.1, -0.05) is 25.7 Å². The summed E-state index contributed by atoms with van der Waals surface area (Å²) in [5, 5.41) is 3.80. The summed E-state index contributed by atoms with van der Waals surface area (Å²) in [5.41, 5.74) is 0. The van der Waals surface area contributed by atoms with Crippen LogP contribution in [0.1, 0.15) is 51.4 Å².